The summed E-state index contributed by atoms with van der Waals surface area (Å²) in [7, 11) is 1.63. The van der Waals surface area contributed by atoms with Crippen molar-refractivity contribution in [2.45, 2.75) is 25.4 Å². The number of aliphatic hydroxyl groups is 1. The highest BCUT2D eigenvalue weighted by molar-refractivity contribution is 9.10. The molecule has 2 nitrogen and oxygen atoms in total. The van der Waals surface area contributed by atoms with Gasteiger partial charge in [-0.2, -0.15) is 0 Å². The number of aliphatic hydroxyl groups excluding tert-OH is 1. The average molecular weight is 335 g/mol. The van der Waals surface area contributed by atoms with E-state index in [0.717, 1.165) is 35.0 Å². The quantitative estimate of drug-likeness (QED) is 0.841. The van der Waals surface area contributed by atoms with Crippen LogP contribution in [0.4, 0.5) is 0 Å². The molecule has 0 fully saturated rings. The molecule has 0 aliphatic rings. The molecule has 20 heavy (non-hydrogen) atoms. The molecule has 0 radical (unpaired) electrons. The maximum Gasteiger partial charge on any atom is 0.125 e. The van der Waals surface area contributed by atoms with Crippen molar-refractivity contribution in [1.29, 1.82) is 0 Å². The molecule has 0 saturated carbocycles. The van der Waals surface area contributed by atoms with E-state index in [2.05, 4.69) is 28.1 Å². The van der Waals surface area contributed by atoms with Crippen molar-refractivity contribution in [3.63, 3.8) is 0 Å². The monoisotopic (exact) mass is 334 g/mol. The molecule has 2 aromatic rings. The van der Waals surface area contributed by atoms with Crippen LogP contribution >= 0.6 is 15.9 Å². The van der Waals surface area contributed by atoms with E-state index in [-0.39, 0.29) is 0 Å². The van der Waals surface area contributed by atoms with Gasteiger partial charge in [0.05, 0.1) is 13.2 Å². The Balaban J connectivity index is 1.93. The van der Waals surface area contributed by atoms with Crippen molar-refractivity contribution < 1.29 is 9.84 Å². The molecule has 0 saturated heterocycles. The summed E-state index contributed by atoms with van der Waals surface area (Å²) in [5.74, 6) is 0.728. The molecule has 0 heterocycles. The highest BCUT2D eigenvalue weighted by Crippen LogP contribution is 2.31. The van der Waals surface area contributed by atoms with Crippen LogP contribution in [0.3, 0.4) is 0 Å². The molecule has 2 rings (SSSR count). The molecule has 3 heteroatoms. The molecular weight excluding hydrogens is 316 g/mol. The second kappa shape index (κ2) is 7.46. The van der Waals surface area contributed by atoms with E-state index in [9.17, 15) is 5.11 Å². The lowest BCUT2D eigenvalue weighted by molar-refractivity contribution is 0.160. The summed E-state index contributed by atoms with van der Waals surface area (Å²) in [6, 6.07) is 16.1. The van der Waals surface area contributed by atoms with Gasteiger partial charge in [-0.25, -0.2) is 0 Å². The number of methoxy groups -OCH3 is 1. The number of rotatable bonds is 6. The van der Waals surface area contributed by atoms with Gasteiger partial charge in [0.15, 0.2) is 0 Å². The standard InChI is InChI=1S/C17H19BrO2/c1-20-17-12-14(18)10-11-15(17)16(19)9-5-8-13-6-3-2-4-7-13/h2-4,6-7,10-12,16,19H,5,8-9H2,1H3. The predicted octanol–water partition coefficient (Wildman–Crippen LogP) is 4.51. The Labute approximate surface area is 128 Å². The van der Waals surface area contributed by atoms with E-state index < -0.39 is 6.10 Å². The van der Waals surface area contributed by atoms with Gasteiger partial charge in [-0.1, -0.05) is 52.3 Å². The van der Waals surface area contributed by atoms with Crippen molar-refractivity contribution in [2.75, 3.05) is 7.11 Å². The molecule has 0 aromatic heterocycles. The number of hydrogen-bond acceptors (Lipinski definition) is 2. The first-order valence-electron chi connectivity index (χ1n) is 6.76. The van der Waals surface area contributed by atoms with E-state index in [4.69, 9.17) is 4.74 Å². The second-order valence-corrected chi connectivity index (χ2v) is 5.70. The van der Waals surface area contributed by atoms with Crippen molar-refractivity contribution in [2.24, 2.45) is 0 Å². The third-order valence-corrected chi connectivity index (χ3v) is 3.83. The minimum atomic E-state index is -0.484. The van der Waals surface area contributed by atoms with E-state index in [0.29, 0.717) is 0 Å². The van der Waals surface area contributed by atoms with Crippen molar-refractivity contribution in [3.05, 3.63) is 64.1 Å². The van der Waals surface area contributed by atoms with Crippen LogP contribution < -0.4 is 4.74 Å². The smallest absolute Gasteiger partial charge is 0.125 e. The molecule has 1 atom stereocenters. The third kappa shape index (κ3) is 4.09. The Morgan fingerprint density at radius 2 is 1.90 bits per heavy atom. The molecule has 0 bridgehead atoms. The number of benzene rings is 2. The molecule has 0 aliphatic heterocycles. The minimum Gasteiger partial charge on any atom is -0.496 e. The summed E-state index contributed by atoms with van der Waals surface area (Å²) < 4.78 is 6.28. The molecule has 0 aliphatic carbocycles. The van der Waals surface area contributed by atoms with Crippen molar-refractivity contribution in [1.82, 2.24) is 0 Å². The highest BCUT2D eigenvalue weighted by Gasteiger charge is 2.13. The largest absolute Gasteiger partial charge is 0.496 e. The Morgan fingerprint density at radius 1 is 1.15 bits per heavy atom. The maximum atomic E-state index is 10.3. The summed E-state index contributed by atoms with van der Waals surface area (Å²) >= 11 is 3.41. The normalized spacial score (nSPS) is 12.2. The zero-order valence-electron chi connectivity index (χ0n) is 11.6. The number of ether oxygens (including phenoxy) is 1. The lowest BCUT2D eigenvalue weighted by Gasteiger charge is -2.15. The predicted molar refractivity (Wildman–Crippen MR) is 85.0 cm³/mol. The fourth-order valence-corrected chi connectivity index (χ4v) is 2.60. The van der Waals surface area contributed by atoms with Gasteiger partial charge in [-0.3, -0.25) is 0 Å². The topological polar surface area (TPSA) is 29.5 Å². The first-order valence-corrected chi connectivity index (χ1v) is 7.55. The molecule has 0 spiro atoms. The molecule has 0 amide bonds. The average Bonchev–Trinajstić information content (AvgIpc) is 2.48. The summed E-state index contributed by atoms with van der Waals surface area (Å²) in [6.45, 7) is 0. The van der Waals surface area contributed by atoms with Crippen molar-refractivity contribution >= 4 is 15.9 Å². The molecule has 2 aromatic carbocycles. The van der Waals surface area contributed by atoms with Crippen LogP contribution in [0.5, 0.6) is 5.75 Å². The van der Waals surface area contributed by atoms with Gasteiger partial charge in [-0.05, 0) is 37.0 Å². The van der Waals surface area contributed by atoms with Gasteiger partial charge in [0.25, 0.3) is 0 Å². The van der Waals surface area contributed by atoms with Crippen molar-refractivity contribution in [3.8, 4) is 5.75 Å². The van der Waals surface area contributed by atoms with Gasteiger partial charge in [0.2, 0.25) is 0 Å². The van der Waals surface area contributed by atoms with Crippen LogP contribution in [0.15, 0.2) is 53.0 Å². The van der Waals surface area contributed by atoms with Gasteiger partial charge >= 0.3 is 0 Å². The Kier molecular flexibility index (Phi) is 5.62. The van der Waals surface area contributed by atoms with Crippen LogP contribution in [0.2, 0.25) is 0 Å². The lowest BCUT2D eigenvalue weighted by Crippen LogP contribution is -2.01. The summed E-state index contributed by atoms with van der Waals surface area (Å²) in [4.78, 5) is 0. The fourth-order valence-electron chi connectivity index (χ4n) is 2.26. The highest BCUT2D eigenvalue weighted by atomic mass is 79.9. The van der Waals surface area contributed by atoms with E-state index in [1.165, 1.54) is 5.56 Å². The van der Waals surface area contributed by atoms with Crippen LogP contribution in [-0.4, -0.2) is 12.2 Å². The van der Waals surface area contributed by atoms with Gasteiger partial charge < -0.3 is 9.84 Å². The first kappa shape index (κ1) is 15.1. The zero-order chi connectivity index (χ0) is 14.4. The van der Waals surface area contributed by atoms with E-state index in [1.807, 2.05) is 36.4 Å². The third-order valence-electron chi connectivity index (χ3n) is 3.34. The van der Waals surface area contributed by atoms with E-state index in [1.54, 1.807) is 7.11 Å². The van der Waals surface area contributed by atoms with Crippen LogP contribution in [0.25, 0.3) is 0 Å². The summed E-state index contributed by atoms with van der Waals surface area (Å²) in [5.41, 5.74) is 2.16. The maximum absolute atomic E-state index is 10.3. The second-order valence-electron chi connectivity index (χ2n) is 4.78. The number of halogens is 1. The fraction of sp³-hybridized carbons (Fsp3) is 0.294. The minimum absolute atomic E-state index is 0.484. The van der Waals surface area contributed by atoms with Crippen LogP contribution in [-0.2, 0) is 6.42 Å². The summed E-state index contributed by atoms with van der Waals surface area (Å²) in [6.07, 6.45) is 2.18. The van der Waals surface area contributed by atoms with Crippen LogP contribution in [0, 0.1) is 0 Å². The molecule has 106 valence electrons. The number of hydrogen-bond donors (Lipinski definition) is 1. The Morgan fingerprint density at radius 3 is 2.60 bits per heavy atom. The molecular formula is C17H19BrO2. The van der Waals surface area contributed by atoms with E-state index >= 15 is 0 Å². The zero-order valence-corrected chi connectivity index (χ0v) is 13.1. The first-order chi connectivity index (χ1) is 9.70. The summed E-state index contributed by atoms with van der Waals surface area (Å²) in [5, 5.41) is 10.3. The lowest BCUT2D eigenvalue weighted by atomic mass is 10.0. The SMILES string of the molecule is COc1cc(Br)ccc1C(O)CCCc1ccccc1. The molecule has 1 N–H and O–H groups in total. The van der Waals surface area contributed by atoms with Crippen LogP contribution in [0.1, 0.15) is 30.1 Å². The molecule has 1 unspecified atom stereocenters. The van der Waals surface area contributed by atoms with Gasteiger partial charge in [0.1, 0.15) is 5.75 Å². The Hall–Kier alpha value is -1.32. The number of aryl methyl sites for hydroxylation is 1. The Bertz CT molecular complexity index is 540. The van der Waals surface area contributed by atoms with Gasteiger partial charge in [0, 0.05) is 10.0 Å². The van der Waals surface area contributed by atoms with Gasteiger partial charge in [-0.15, -0.1) is 0 Å².